The molecule has 1 aromatic heterocycles. The summed E-state index contributed by atoms with van der Waals surface area (Å²) in [5.41, 5.74) is 1.02. The maximum absolute atomic E-state index is 4.46. The van der Waals surface area contributed by atoms with Crippen molar-refractivity contribution in [2.24, 2.45) is 0 Å². The van der Waals surface area contributed by atoms with Gasteiger partial charge >= 0.3 is 0 Å². The van der Waals surface area contributed by atoms with E-state index in [1.54, 1.807) is 6.33 Å². The zero-order chi connectivity index (χ0) is 13.6. The van der Waals surface area contributed by atoms with Gasteiger partial charge in [0, 0.05) is 11.4 Å². The number of anilines is 1. The van der Waals surface area contributed by atoms with Crippen molar-refractivity contribution >= 4 is 16.7 Å². The Morgan fingerprint density at radius 3 is 2.35 bits per heavy atom. The average molecular weight is 269 g/mol. The van der Waals surface area contributed by atoms with E-state index in [-0.39, 0.29) is 0 Å². The van der Waals surface area contributed by atoms with E-state index in [1.807, 2.05) is 12.1 Å². The molecule has 1 heterocycles. The number of para-hydroxylation sites is 1. The van der Waals surface area contributed by atoms with Gasteiger partial charge < -0.3 is 5.32 Å². The van der Waals surface area contributed by atoms with E-state index in [0.717, 1.165) is 16.7 Å². The van der Waals surface area contributed by atoms with Gasteiger partial charge in [0.1, 0.15) is 12.1 Å². The summed E-state index contributed by atoms with van der Waals surface area (Å²) in [7, 11) is 0. The number of nitrogens with zero attached hydrogens (tertiary/aromatic N) is 2. The summed E-state index contributed by atoms with van der Waals surface area (Å²) in [5, 5.41) is 4.80. The summed E-state index contributed by atoms with van der Waals surface area (Å²) in [6.07, 6.45) is 12.4. The molecule has 1 fully saturated rings. The second-order valence-corrected chi connectivity index (χ2v) is 5.78. The van der Waals surface area contributed by atoms with Crippen LogP contribution in [0.1, 0.15) is 51.4 Å². The second kappa shape index (κ2) is 6.69. The van der Waals surface area contributed by atoms with Crippen LogP contribution in [-0.4, -0.2) is 16.0 Å². The Morgan fingerprint density at radius 2 is 1.55 bits per heavy atom. The Hall–Kier alpha value is -1.64. The number of nitrogens with one attached hydrogen (secondary N) is 1. The molecule has 0 atom stereocenters. The van der Waals surface area contributed by atoms with Crippen LogP contribution < -0.4 is 5.32 Å². The third-order valence-corrected chi connectivity index (χ3v) is 4.24. The van der Waals surface area contributed by atoms with Gasteiger partial charge in [-0.15, -0.1) is 0 Å². The van der Waals surface area contributed by atoms with Crippen LogP contribution in [0.25, 0.3) is 10.9 Å². The number of fused-ring (bicyclic) bond motifs is 1. The maximum atomic E-state index is 4.46. The number of hydrogen-bond acceptors (Lipinski definition) is 3. The largest absolute Gasteiger partial charge is 0.367 e. The monoisotopic (exact) mass is 269 g/mol. The predicted molar refractivity (Wildman–Crippen MR) is 83.9 cm³/mol. The van der Waals surface area contributed by atoms with Crippen molar-refractivity contribution in [3.8, 4) is 0 Å². The van der Waals surface area contributed by atoms with Gasteiger partial charge in [0.15, 0.2) is 0 Å². The molecule has 0 unspecified atom stereocenters. The highest BCUT2D eigenvalue weighted by Gasteiger charge is 2.12. The van der Waals surface area contributed by atoms with Crippen molar-refractivity contribution in [2.45, 2.75) is 57.4 Å². The molecule has 0 bridgehead atoms. The van der Waals surface area contributed by atoms with Gasteiger partial charge in [-0.2, -0.15) is 0 Å². The van der Waals surface area contributed by atoms with Crippen LogP contribution in [0.2, 0.25) is 0 Å². The van der Waals surface area contributed by atoms with Gasteiger partial charge in [0.25, 0.3) is 0 Å². The standard InChI is InChI=1S/C17H23N3/c1-2-4-6-10-14(9-5-3-1)20-17-15-11-7-8-12-16(15)18-13-19-17/h7-8,11-14H,1-6,9-10H2,(H,18,19,20). The van der Waals surface area contributed by atoms with Crippen molar-refractivity contribution < 1.29 is 0 Å². The highest BCUT2D eigenvalue weighted by Crippen LogP contribution is 2.23. The predicted octanol–water partition coefficient (Wildman–Crippen LogP) is 4.54. The van der Waals surface area contributed by atoms with Crippen molar-refractivity contribution in [3.05, 3.63) is 30.6 Å². The smallest absolute Gasteiger partial charge is 0.137 e. The SMILES string of the molecule is c1ccc2c(NC3CCCCCCCC3)ncnc2c1. The number of hydrogen-bond donors (Lipinski definition) is 1. The summed E-state index contributed by atoms with van der Waals surface area (Å²) in [4.78, 5) is 8.79. The van der Waals surface area contributed by atoms with E-state index in [0.29, 0.717) is 6.04 Å². The molecule has 3 nitrogen and oxygen atoms in total. The zero-order valence-corrected chi connectivity index (χ0v) is 12.0. The fourth-order valence-electron chi connectivity index (χ4n) is 3.09. The van der Waals surface area contributed by atoms with Crippen molar-refractivity contribution in [1.82, 2.24) is 9.97 Å². The topological polar surface area (TPSA) is 37.8 Å². The normalized spacial score (nSPS) is 18.2. The first-order valence-electron chi connectivity index (χ1n) is 7.90. The number of rotatable bonds is 2. The second-order valence-electron chi connectivity index (χ2n) is 5.78. The van der Waals surface area contributed by atoms with Crippen LogP contribution in [0.15, 0.2) is 30.6 Å². The van der Waals surface area contributed by atoms with Gasteiger partial charge in [-0.1, -0.05) is 50.7 Å². The maximum Gasteiger partial charge on any atom is 0.137 e. The number of aromatic nitrogens is 2. The molecule has 1 N–H and O–H groups in total. The minimum Gasteiger partial charge on any atom is -0.367 e. The first-order chi connectivity index (χ1) is 9.93. The van der Waals surface area contributed by atoms with Crippen LogP contribution in [0, 0.1) is 0 Å². The highest BCUT2D eigenvalue weighted by atomic mass is 15.0. The zero-order valence-electron chi connectivity index (χ0n) is 12.0. The first kappa shape index (κ1) is 13.3. The third kappa shape index (κ3) is 3.27. The van der Waals surface area contributed by atoms with Crippen LogP contribution in [0.3, 0.4) is 0 Å². The molecule has 20 heavy (non-hydrogen) atoms. The van der Waals surface area contributed by atoms with E-state index >= 15 is 0 Å². The van der Waals surface area contributed by atoms with E-state index in [1.165, 1.54) is 51.4 Å². The van der Waals surface area contributed by atoms with Crippen LogP contribution >= 0.6 is 0 Å². The van der Waals surface area contributed by atoms with Crippen LogP contribution in [0.5, 0.6) is 0 Å². The molecule has 1 saturated carbocycles. The summed E-state index contributed by atoms with van der Waals surface area (Å²) >= 11 is 0. The Balaban J connectivity index is 1.77. The van der Waals surface area contributed by atoms with Crippen LogP contribution in [-0.2, 0) is 0 Å². The molecule has 0 amide bonds. The Kier molecular flexibility index (Phi) is 4.46. The van der Waals surface area contributed by atoms with Crippen molar-refractivity contribution in [1.29, 1.82) is 0 Å². The summed E-state index contributed by atoms with van der Waals surface area (Å²) in [5.74, 6) is 1.000. The lowest BCUT2D eigenvalue weighted by Crippen LogP contribution is -2.20. The molecule has 1 aromatic carbocycles. The van der Waals surface area contributed by atoms with E-state index < -0.39 is 0 Å². The molecular weight excluding hydrogens is 246 g/mol. The molecule has 3 heteroatoms. The Labute approximate surface area is 120 Å². The molecule has 1 aliphatic rings. The average Bonchev–Trinajstić information content (AvgIpc) is 2.62. The lowest BCUT2D eigenvalue weighted by Gasteiger charge is -2.19. The molecule has 0 radical (unpaired) electrons. The van der Waals surface area contributed by atoms with Crippen molar-refractivity contribution in [2.75, 3.05) is 5.32 Å². The molecule has 0 spiro atoms. The molecule has 2 aromatic rings. The van der Waals surface area contributed by atoms with Gasteiger partial charge in [0.05, 0.1) is 5.52 Å². The lowest BCUT2D eigenvalue weighted by molar-refractivity contribution is 0.562. The Morgan fingerprint density at radius 1 is 0.850 bits per heavy atom. The van der Waals surface area contributed by atoms with Crippen LogP contribution in [0.4, 0.5) is 5.82 Å². The van der Waals surface area contributed by atoms with E-state index in [2.05, 4.69) is 27.4 Å². The van der Waals surface area contributed by atoms with Gasteiger partial charge in [-0.3, -0.25) is 0 Å². The lowest BCUT2D eigenvalue weighted by atomic mass is 10.0. The molecule has 106 valence electrons. The third-order valence-electron chi connectivity index (χ3n) is 4.24. The molecule has 3 rings (SSSR count). The summed E-state index contributed by atoms with van der Waals surface area (Å²) in [6, 6.07) is 8.79. The first-order valence-corrected chi connectivity index (χ1v) is 7.90. The number of benzene rings is 1. The molecular formula is C17H23N3. The van der Waals surface area contributed by atoms with E-state index in [9.17, 15) is 0 Å². The minimum atomic E-state index is 0.561. The fourth-order valence-corrected chi connectivity index (χ4v) is 3.09. The molecule has 1 aliphatic carbocycles. The van der Waals surface area contributed by atoms with Gasteiger partial charge in [-0.05, 0) is 25.0 Å². The highest BCUT2D eigenvalue weighted by molar-refractivity contribution is 5.88. The fraction of sp³-hybridized carbons (Fsp3) is 0.529. The molecule has 0 saturated heterocycles. The van der Waals surface area contributed by atoms with Gasteiger partial charge in [0.2, 0.25) is 0 Å². The summed E-state index contributed by atoms with van der Waals surface area (Å²) < 4.78 is 0. The molecule has 0 aliphatic heterocycles. The summed E-state index contributed by atoms with van der Waals surface area (Å²) in [6.45, 7) is 0. The Bertz CT molecular complexity index is 537. The van der Waals surface area contributed by atoms with E-state index in [4.69, 9.17) is 0 Å². The van der Waals surface area contributed by atoms with Crippen molar-refractivity contribution in [3.63, 3.8) is 0 Å². The quantitative estimate of drug-likeness (QED) is 0.869. The van der Waals surface area contributed by atoms with Gasteiger partial charge in [-0.25, -0.2) is 9.97 Å². The minimum absolute atomic E-state index is 0.561.